The average molecular weight is 211 g/mol. The minimum atomic E-state index is -0.750. The van der Waals surface area contributed by atoms with Gasteiger partial charge >= 0.3 is 0 Å². The Labute approximate surface area is 92.3 Å². The summed E-state index contributed by atoms with van der Waals surface area (Å²) in [6, 6.07) is 1.93. The largest absolute Gasteiger partial charge is 0.326 e. The molecule has 1 unspecified atom stereocenters. The summed E-state index contributed by atoms with van der Waals surface area (Å²) in [7, 11) is 1.67. The van der Waals surface area contributed by atoms with Gasteiger partial charge in [0.1, 0.15) is 5.54 Å². The average Bonchev–Trinajstić information content (AvgIpc) is 2.23. The summed E-state index contributed by atoms with van der Waals surface area (Å²) < 4.78 is 0. The number of hydrogen-bond donors (Lipinski definition) is 1. The molecule has 0 aliphatic carbocycles. The lowest BCUT2D eigenvalue weighted by molar-refractivity contribution is -0.135. The highest BCUT2D eigenvalue weighted by molar-refractivity contribution is 5.82. The first-order valence-corrected chi connectivity index (χ1v) is 5.33. The highest BCUT2D eigenvalue weighted by atomic mass is 16.2. The molecule has 0 bridgehead atoms. The van der Waals surface area contributed by atoms with Gasteiger partial charge in [-0.05, 0) is 26.8 Å². The van der Waals surface area contributed by atoms with Crippen molar-refractivity contribution in [2.75, 3.05) is 13.6 Å². The van der Waals surface area contributed by atoms with Crippen LogP contribution in [0.25, 0.3) is 0 Å². The van der Waals surface area contributed by atoms with Crippen molar-refractivity contribution in [2.24, 2.45) is 0 Å². The second-order valence-electron chi connectivity index (χ2n) is 4.09. The Kier molecular flexibility index (Phi) is 5.31. The Morgan fingerprint density at radius 1 is 1.53 bits per heavy atom. The first-order chi connectivity index (χ1) is 6.90. The monoisotopic (exact) mass is 211 g/mol. The van der Waals surface area contributed by atoms with Gasteiger partial charge in [0.15, 0.2) is 0 Å². The van der Waals surface area contributed by atoms with E-state index in [0.717, 1.165) is 13.0 Å². The number of hydrogen-bond acceptors (Lipinski definition) is 3. The van der Waals surface area contributed by atoms with Crippen LogP contribution in [0.1, 0.15) is 34.1 Å². The molecule has 1 amide bonds. The van der Waals surface area contributed by atoms with Crippen molar-refractivity contribution in [3.8, 4) is 6.07 Å². The lowest BCUT2D eigenvalue weighted by atomic mass is 10.0. The molecule has 0 fully saturated rings. The summed E-state index contributed by atoms with van der Waals surface area (Å²) in [5.41, 5.74) is -0.750. The minimum absolute atomic E-state index is 0.0223. The number of carbonyl (C=O) groups excluding carboxylic acids is 1. The molecule has 1 N–H and O–H groups in total. The SMILES string of the molecule is CCNC(CC)C(=O)N(C)C(C)(C)C#N. The number of likely N-dealkylation sites (N-methyl/N-ethyl adjacent to an activating group) is 2. The molecular weight excluding hydrogens is 190 g/mol. The molecule has 0 aliphatic rings. The standard InChI is InChI=1S/C11H21N3O/c1-6-9(13-7-2)10(15)14(5)11(3,4)8-12/h9,13H,6-7H2,1-5H3. The molecule has 0 rings (SSSR count). The summed E-state index contributed by atoms with van der Waals surface area (Å²) >= 11 is 0. The van der Waals surface area contributed by atoms with Crippen molar-refractivity contribution in [2.45, 2.75) is 45.7 Å². The van der Waals surface area contributed by atoms with Crippen molar-refractivity contribution < 1.29 is 4.79 Å². The lowest BCUT2D eigenvalue weighted by Gasteiger charge is -2.32. The Balaban J connectivity index is 4.63. The third-order valence-electron chi connectivity index (χ3n) is 2.60. The van der Waals surface area contributed by atoms with Gasteiger partial charge in [-0.25, -0.2) is 0 Å². The van der Waals surface area contributed by atoms with Crippen LogP contribution in [0, 0.1) is 11.3 Å². The molecule has 0 heterocycles. The fourth-order valence-corrected chi connectivity index (χ4v) is 1.24. The summed E-state index contributed by atoms with van der Waals surface area (Å²) in [5.74, 6) is -0.0223. The van der Waals surface area contributed by atoms with E-state index in [4.69, 9.17) is 5.26 Å². The molecule has 4 nitrogen and oxygen atoms in total. The van der Waals surface area contributed by atoms with Crippen molar-refractivity contribution in [1.29, 1.82) is 5.26 Å². The minimum Gasteiger partial charge on any atom is -0.326 e. The van der Waals surface area contributed by atoms with Crippen molar-refractivity contribution in [3.05, 3.63) is 0 Å². The zero-order valence-corrected chi connectivity index (χ0v) is 10.3. The lowest BCUT2D eigenvalue weighted by Crippen LogP contribution is -2.52. The summed E-state index contributed by atoms with van der Waals surface area (Å²) in [6.07, 6.45) is 0.735. The third-order valence-corrected chi connectivity index (χ3v) is 2.60. The second kappa shape index (κ2) is 5.72. The molecule has 86 valence electrons. The first-order valence-electron chi connectivity index (χ1n) is 5.33. The van der Waals surface area contributed by atoms with E-state index in [2.05, 4.69) is 11.4 Å². The molecule has 0 aromatic rings. The van der Waals surface area contributed by atoms with E-state index in [1.807, 2.05) is 13.8 Å². The van der Waals surface area contributed by atoms with Gasteiger partial charge in [0.2, 0.25) is 5.91 Å². The van der Waals surface area contributed by atoms with Gasteiger partial charge < -0.3 is 10.2 Å². The third kappa shape index (κ3) is 3.52. The van der Waals surface area contributed by atoms with Crippen LogP contribution in [0.5, 0.6) is 0 Å². The first kappa shape index (κ1) is 13.9. The van der Waals surface area contributed by atoms with Gasteiger partial charge in [-0.3, -0.25) is 4.79 Å². The van der Waals surface area contributed by atoms with Crippen LogP contribution >= 0.6 is 0 Å². The summed E-state index contributed by atoms with van der Waals surface area (Å²) in [6.45, 7) is 8.15. The van der Waals surface area contributed by atoms with Crippen molar-refractivity contribution in [3.63, 3.8) is 0 Å². The fraction of sp³-hybridized carbons (Fsp3) is 0.818. The predicted molar refractivity (Wildman–Crippen MR) is 60.2 cm³/mol. The Bertz CT molecular complexity index is 255. The van der Waals surface area contributed by atoms with E-state index >= 15 is 0 Å². The van der Waals surface area contributed by atoms with E-state index in [-0.39, 0.29) is 11.9 Å². The number of nitriles is 1. The van der Waals surface area contributed by atoms with Gasteiger partial charge in [0.25, 0.3) is 0 Å². The van der Waals surface area contributed by atoms with Crippen molar-refractivity contribution in [1.82, 2.24) is 10.2 Å². The Morgan fingerprint density at radius 3 is 2.40 bits per heavy atom. The van der Waals surface area contributed by atoms with Crippen LogP contribution in [0.2, 0.25) is 0 Å². The molecule has 0 aromatic heterocycles. The highest BCUT2D eigenvalue weighted by Crippen LogP contribution is 2.12. The van der Waals surface area contributed by atoms with E-state index in [1.54, 1.807) is 20.9 Å². The molecule has 15 heavy (non-hydrogen) atoms. The van der Waals surface area contributed by atoms with E-state index in [9.17, 15) is 4.79 Å². The maximum Gasteiger partial charge on any atom is 0.240 e. The molecular formula is C11H21N3O. The van der Waals surface area contributed by atoms with Crippen LogP contribution in [0.15, 0.2) is 0 Å². The predicted octanol–water partition coefficient (Wildman–Crippen LogP) is 1.14. The molecule has 0 saturated heterocycles. The van der Waals surface area contributed by atoms with E-state index in [1.165, 1.54) is 4.90 Å². The van der Waals surface area contributed by atoms with E-state index in [0.29, 0.717) is 0 Å². The maximum absolute atomic E-state index is 12.0. The van der Waals surface area contributed by atoms with Crippen LogP contribution in [0.4, 0.5) is 0 Å². The van der Waals surface area contributed by atoms with Gasteiger partial charge in [0, 0.05) is 7.05 Å². The van der Waals surface area contributed by atoms with Gasteiger partial charge in [-0.15, -0.1) is 0 Å². The summed E-state index contributed by atoms with van der Waals surface area (Å²) in [5, 5.41) is 12.0. The molecule has 0 saturated carbocycles. The number of nitrogens with one attached hydrogen (secondary N) is 1. The quantitative estimate of drug-likeness (QED) is 0.741. The smallest absolute Gasteiger partial charge is 0.240 e. The normalized spacial score (nSPS) is 13.1. The number of rotatable bonds is 5. The van der Waals surface area contributed by atoms with Crippen LogP contribution in [-0.4, -0.2) is 36.0 Å². The number of amides is 1. The maximum atomic E-state index is 12.0. The molecule has 0 aromatic carbocycles. The van der Waals surface area contributed by atoms with Gasteiger partial charge in [-0.2, -0.15) is 5.26 Å². The molecule has 1 atom stereocenters. The van der Waals surface area contributed by atoms with Crippen LogP contribution < -0.4 is 5.32 Å². The number of nitrogens with zero attached hydrogens (tertiary/aromatic N) is 2. The van der Waals surface area contributed by atoms with Crippen molar-refractivity contribution >= 4 is 5.91 Å². The highest BCUT2D eigenvalue weighted by Gasteiger charge is 2.30. The Hall–Kier alpha value is -1.08. The molecule has 0 radical (unpaired) electrons. The van der Waals surface area contributed by atoms with Crippen LogP contribution in [-0.2, 0) is 4.79 Å². The topological polar surface area (TPSA) is 56.1 Å². The molecule has 0 aliphatic heterocycles. The van der Waals surface area contributed by atoms with Crippen LogP contribution in [0.3, 0.4) is 0 Å². The molecule has 4 heteroatoms. The van der Waals surface area contributed by atoms with Gasteiger partial charge in [0.05, 0.1) is 12.1 Å². The van der Waals surface area contributed by atoms with E-state index < -0.39 is 5.54 Å². The van der Waals surface area contributed by atoms with Gasteiger partial charge in [-0.1, -0.05) is 13.8 Å². The fourth-order valence-electron chi connectivity index (χ4n) is 1.24. The molecule has 0 spiro atoms. The zero-order valence-electron chi connectivity index (χ0n) is 10.3. The Morgan fingerprint density at radius 2 is 2.07 bits per heavy atom. The second-order valence-corrected chi connectivity index (χ2v) is 4.09. The summed E-state index contributed by atoms with van der Waals surface area (Å²) in [4.78, 5) is 13.5. The number of carbonyl (C=O) groups is 1. The zero-order chi connectivity index (χ0) is 12.1.